The van der Waals surface area contributed by atoms with Gasteiger partial charge in [-0.3, -0.25) is 0 Å². The van der Waals surface area contributed by atoms with Gasteiger partial charge in [-0.1, -0.05) is 102 Å². The van der Waals surface area contributed by atoms with E-state index in [0.717, 1.165) is 32.1 Å². The molecule has 0 unspecified atom stereocenters. The van der Waals surface area contributed by atoms with E-state index in [1.807, 2.05) is 0 Å². The van der Waals surface area contributed by atoms with Gasteiger partial charge < -0.3 is 28.4 Å². The van der Waals surface area contributed by atoms with Crippen LogP contribution in [-0.4, -0.2) is 43.1 Å². The maximum absolute atomic E-state index is 13.2. The number of hydrogen-bond acceptors (Lipinski definition) is 11. The molecule has 0 bridgehead atoms. The van der Waals surface area contributed by atoms with E-state index in [1.165, 1.54) is 112 Å². The Morgan fingerprint density at radius 2 is 0.761 bits per heavy atom. The van der Waals surface area contributed by atoms with Crippen molar-refractivity contribution in [2.24, 2.45) is 0 Å². The summed E-state index contributed by atoms with van der Waals surface area (Å²) in [5.41, 5.74) is 1.28. The molecule has 12 heteroatoms. The summed E-state index contributed by atoms with van der Waals surface area (Å²) in [6, 6.07) is 32.7. The van der Waals surface area contributed by atoms with E-state index < -0.39 is 29.8 Å². The Hall–Kier alpha value is -6.98. The largest absolute Gasteiger partial charge is 0.494 e. The number of esters is 5. The van der Waals surface area contributed by atoms with E-state index >= 15 is 0 Å². The first kappa shape index (κ1) is 49.5. The van der Waals surface area contributed by atoms with Gasteiger partial charge in [0.05, 0.1) is 46.1 Å². The van der Waals surface area contributed by atoms with Crippen LogP contribution in [0.4, 0.5) is 0 Å². The lowest BCUT2D eigenvalue weighted by atomic mass is 10.1. The highest BCUT2D eigenvalue weighted by atomic mass is 35.5. The molecule has 67 heavy (non-hydrogen) atoms. The average Bonchev–Trinajstić information content (AvgIpc) is 3.35. The van der Waals surface area contributed by atoms with Gasteiger partial charge in [0.15, 0.2) is 0 Å². The molecule has 0 saturated heterocycles. The van der Waals surface area contributed by atoms with Crippen LogP contribution in [-0.2, 0) is 4.74 Å². The second-order valence-electron chi connectivity index (χ2n) is 16.0. The van der Waals surface area contributed by atoms with Gasteiger partial charge in [-0.15, -0.1) is 0 Å². The molecule has 0 fully saturated rings. The van der Waals surface area contributed by atoms with Gasteiger partial charge in [-0.2, -0.15) is 0 Å². The minimum Gasteiger partial charge on any atom is -0.494 e. The normalized spacial score (nSPS) is 10.9. The summed E-state index contributed by atoms with van der Waals surface area (Å²) < 4.78 is 33.4. The van der Waals surface area contributed by atoms with Crippen LogP contribution in [0.2, 0.25) is 5.02 Å². The summed E-state index contributed by atoms with van der Waals surface area (Å²) in [4.78, 5) is 64.4. The molecule has 0 atom stereocenters. The molecule has 0 heterocycles. The summed E-state index contributed by atoms with van der Waals surface area (Å²) in [6.07, 6.45) is 13.6. The van der Waals surface area contributed by atoms with Gasteiger partial charge in [0.25, 0.3) is 0 Å². The number of unbranched alkanes of at least 4 members (excludes halogenated alkanes) is 10. The van der Waals surface area contributed by atoms with E-state index in [9.17, 15) is 24.0 Å². The maximum Gasteiger partial charge on any atom is 0.343 e. The molecule has 0 saturated carbocycles. The summed E-state index contributed by atoms with van der Waals surface area (Å²) in [7, 11) is 0. The third-order valence-corrected chi connectivity index (χ3v) is 11.2. The molecule has 0 N–H and O–H groups in total. The maximum atomic E-state index is 13.2. The van der Waals surface area contributed by atoms with Crippen LogP contribution in [0.3, 0.4) is 0 Å². The molecule has 0 amide bonds. The predicted octanol–water partition coefficient (Wildman–Crippen LogP) is 13.6. The van der Waals surface area contributed by atoms with Crippen LogP contribution in [0.15, 0.2) is 127 Å². The molecule has 348 valence electrons. The number of halogens is 1. The Kier molecular flexibility index (Phi) is 18.9. The molecule has 0 aromatic heterocycles. The topological polar surface area (TPSA) is 141 Å². The zero-order valence-electron chi connectivity index (χ0n) is 37.9. The molecule has 0 aliphatic rings. The molecular formula is C55H55ClO11. The number of ether oxygens (including phenoxy) is 6. The lowest BCUT2D eigenvalue weighted by Crippen LogP contribution is -2.11. The quantitative estimate of drug-likeness (QED) is 0.0325. The predicted molar refractivity (Wildman–Crippen MR) is 257 cm³/mol. The van der Waals surface area contributed by atoms with E-state index in [1.54, 1.807) is 60.7 Å². The standard InChI is InChI=1S/C55H55ClO11/c1-3-5-7-9-11-13-35-62-44-26-17-40(18-27-44)52(58)65-46-32-23-42(24-33-46)54(60)67-49-34-25-38-15-16-43(37-48(38)50(49)56)55(61)66-47-30-21-41(22-31-47)53(59)64-45-28-19-39(20-29-45)51(57)63-36-14-12-10-8-6-4-2/h15-34,37H,3-14,35-36H2,1-2H3. The second kappa shape index (κ2) is 25.6. The van der Waals surface area contributed by atoms with Crippen LogP contribution < -0.4 is 23.7 Å². The Balaban J connectivity index is 0.968. The number of hydrogen-bond donors (Lipinski definition) is 0. The molecular weight excluding hydrogens is 872 g/mol. The Morgan fingerprint density at radius 3 is 1.25 bits per heavy atom. The number of carbonyl (C=O) groups is 5. The Morgan fingerprint density at radius 1 is 0.388 bits per heavy atom. The zero-order chi connectivity index (χ0) is 47.4. The molecule has 0 spiro atoms. The van der Waals surface area contributed by atoms with Crippen LogP contribution in [0.1, 0.15) is 143 Å². The third kappa shape index (κ3) is 15.0. The SMILES string of the molecule is CCCCCCCCOC(=O)c1ccc(OC(=O)c2ccc(OC(=O)c3ccc4ccc(OC(=O)c5ccc(OC(=O)c6ccc(OCCCCCCCC)cc6)cc5)c(Cl)c4c3)cc2)cc1. The molecule has 6 rings (SSSR count). The fourth-order valence-electron chi connectivity index (χ4n) is 6.99. The van der Waals surface area contributed by atoms with Crippen LogP contribution in [0.5, 0.6) is 28.7 Å². The van der Waals surface area contributed by atoms with Gasteiger partial charge in [0, 0.05) is 5.39 Å². The van der Waals surface area contributed by atoms with Crippen LogP contribution in [0.25, 0.3) is 10.8 Å². The van der Waals surface area contributed by atoms with Crippen molar-refractivity contribution in [2.45, 2.75) is 90.9 Å². The highest BCUT2D eigenvalue weighted by Gasteiger charge is 2.18. The number of rotatable bonds is 24. The van der Waals surface area contributed by atoms with E-state index in [2.05, 4.69) is 13.8 Å². The first-order chi connectivity index (χ1) is 32.6. The average molecular weight is 927 g/mol. The molecule has 11 nitrogen and oxygen atoms in total. The number of carbonyl (C=O) groups excluding carboxylic acids is 5. The van der Waals surface area contributed by atoms with Crippen molar-refractivity contribution in [1.29, 1.82) is 0 Å². The van der Waals surface area contributed by atoms with E-state index in [0.29, 0.717) is 40.9 Å². The summed E-state index contributed by atoms with van der Waals surface area (Å²) in [6.45, 7) is 5.35. The van der Waals surface area contributed by atoms with Gasteiger partial charge >= 0.3 is 29.8 Å². The molecule has 0 radical (unpaired) electrons. The molecule has 0 aliphatic heterocycles. The van der Waals surface area contributed by atoms with Gasteiger partial charge in [0.1, 0.15) is 28.7 Å². The zero-order valence-corrected chi connectivity index (χ0v) is 38.6. The number of benzene rings is 6. The first-order valence-electron chi connectivity index (χ1n) is 22.9. The molecule has 6 aromatic rings. The minimum absolute atomic E-state index is 0.0688. The molecule has 6 aromatic carbocycles. The fourth-order valence-corrected chi connectivity index (χ4v) is 7.26. The Labute approximate surface area is 396 Å². The lowest BCUT2D eigenvalue weighted by molar-refractivity contribution is 0.0496. The van der Waals surface area contributed by atoms with Crippen molar-refractivity contribution in [3.8, 4) is 28.7 Å². The third-order valence-electron chi connectivity index (χ3n) is 10.8. The summed E-state index contributed by atoms with van der Waals surface area (Å²) in [5, 5.41) is 1.23. The highest BCUT2D eigenvalue weighted by Crippen LogP contribution is 2.34. The van der Waals surface area contributed by atoms with E-state index in [4.69, 9.17) is 40.0 Å². The Bertz CT molecular complexity index is 2590. The van der Waals surface area contributed by atoms with Crippen molar-refractivity contribution < 1.29 is 52.4 Å². The first-order valence-corrected chi connectivity index (χ1v) is 23.3. The molecule has 0 aliphatic carbocycles. The fraction of sp³-hybridized carbons (Fsp3) is 0.291. The van der Waals surface area contributed by atoms with Crippen molar-refractivity contribution in [1.82, 2.24) is 0 Å². The van der Waals surface area contributed by atoms with Crippen LogP contribution >= 0.6 is 11.6 Å². The highest BCUT2D eigenvalue weighted by molar-refractivity contribution is 6.37. The van der Waals surface area contributed by atoms with Gasteiger partial charge in [-0.25, -0.2) is 24.0 Å². The summed E-state index contributed by atoms with van der Waals surface area (Å²) >= 11 is 6.72. The summed E-state index contributed by atoms with van der Waals surface area (Å²) in [5.74, 6) is -1.60. The van der Waals surface area contributed by atoms with Crippen LogP contribution in [0, 0.1) is 0 Å². The van der Waals surface area contributed by atoms with E-state index in [-0.39, 0.29) is 44.7 Å². The monoisotopic (exact) mass is 926 g/mol. The van der Waals surface area contributed by atoms with Gasteiger partial charge in [0.2, 0.25) is 0 Å². The van der Waals surface area contributed by atoms with Gasteiger partial charge in [-0.05, 0) is 133 Å². The van der Waals surface area contributed by atoms with Crippen molar-refractivity contribution in [3.05, 3.63) is 160 Å². The van der Waals surface area contributed by atoms with Crippen molar-refractivity contribution in [2.75, 3.05) is 13.2 Å². The smallest absolute Gasteiger partial charge is 0.343 e. The minimum atomic E-state index is -0.701. The lowest BCUT2D eigenvalue weighted by Gasteiger charge is -2.11. The number of fused-ring (bicyclic) bond motifs is 1. The van der Waals surface area contributed by atoms with Crippen molar-refractivity contribution in [3.63, 3.8) is 0 Å². The van der Waals surface area contributed by atoms with Crippen molar-refractivity contribution >= 4 is 52.2 Å². The second-order valence-corrected chi connectivity index (χ2v) is 16.4.